The van der Waals surface area contributed by atoms with Gasteiger partial charge in [0.05, 0.1) is 33.1 Å². The summed E-state index contributed by atoms with van der Waals surface area (Å²) < 4.78 is 25.4. The van der Waals surface area contributed by atoms with Crippen molar-refractivity contribution in [2.45, 2.75) is 32.6 Å². The lowest BCUT2D eigenvalue weighted by molar-refractivity contribution is -0.0148. The molecule has 2 heterocycles. The number of nitrogens with zero attached hydrogens (tertiary/aromatic N) is 1. The van der Waals surface area contributed by atoms with Crippen molar-refractivity contribution in [1.29, 1.82) is 0 Å². The van der Waals surface area contributed by atoms with E-state index in [0.717, 1.165) is 12.1 Å². The van der Waals surface area contributed by atoms with E-state index in [1.54, 1.807) is 21.3 Å². The largest absolute Gasteiger partial charge is 0.493 e. The van der Waals surface area contributed by atoms with E-state index in [2.05, 4.69) is 42.7 Å². The van der Waals surface area contributed by atoms with Crippen molar-refractivity contribution in [1.82, 2.24) is 4.57 Å². The minimum absolute atomic E-state index is 0.0943. The van der Waals surface area contributed by atoms with Gasteiger partial charge in [0.1, 0.15) is 6.10 Å². The lowest BCUT2D eigenvalue weighted by Crippen LogP contribution is -2.29. The summed E-state index contributed by atoms with van der Waals surface area (Å²) in [6.07, 6.45) is -0.105. The van der Waals surface area contributed by atoms with Crippen LogP contribution in [-0.4, -0.2) is 32.0 Å². The normalized spacial score (nSPS) is 19.0. The molecule has 4 rings (SSSR count). The van der Waals surface area contributed by atoms with Crippen LogP contribution < -0.4 is 14.2 Å². The van der Waals surface area contributed by atoms with Gasteiger partial charge in [-0.1, -0.05) is 18.2 Å². The molecular formula is C22H25NO4. The Bertz CT molecular complexity index is 966. The van der Waals surface area contributed by atoms with E-state index in [9.17, 15) is 0 Å². The molecule has 0 fully saturated rings. The molecule has 0 unspecified atom stereocenters. The van der Waals surface area contributed by atoms with Crippen LogP contribution >= 0.6 is 0 Å². The van der Waals surface area contributed by atoms with Gasteiger partial charge in [-0.15, -0.1) is 0 Å². The van der Waals surface area contributed by atoms with Crippen molar-refractivity contribution in [3.63, 3.8) is 0 Å². The average molecular weight is 367 g/mol. The van der Waals surface area contributed by atoms with Gasteiger partial charge in [-0.2, -0.15) is 0 Å². The first kappa shape index (κ1) is 17.7. The summed E-state index contributed by atoms with van der Waals surface area (Å²) in [5.41, 5.74) is 4.67. The average Bonchev–Trinajstić information content (AvgIpc) is 2.98. The summed E-state index contributed by atoms with van der Waals surface area (Å²) in [5.74, 6) is 1.85. The predicted molar refractivity (Wildman–Crippen MR) is 105 cm³/mol. The Balaban J connectivity index is 1.94. The van der Waals surface area contributed by atoms with E-state index in [0.29, 0.717) is 17.2 Å². The van der Waals surface area contributed by atoms with Gasteiger partial charge in [-0.25, -0.2) is 0 Å². The molecule has 5 heteroatoms. The molecule has 0 amide bonds. The Morgan fingerprint density at radius 1 is 1.00 bits per heavy atom. The molecule has 1 aliphatic heterocycles. The van der Waals surface area contributed by atoms with Crippen LogP contribution in [0.5, 0.6) is 17.2 Å². The summed E-state index contributed by atoms with van der Waals surface area (Å²) in [4.78, 5) is 0. The highest BCUT2D eigenvalue weighted by molar-refractivity contribution is 5.85. The second-order valence-corrected chi connectivity index (χ2v) is 6.92. The highest BCUT2D eigenvalue weighted by atomic mass is 16.5. The first-order valence-electron chi connectivity index (χ1n) is 9.12. The van der Waals surface area contributed by atoms with Crippen LogP contribution in [-0.2, 0) is 11.3 Å². The molecule has 2 aromatic carbocycles. The maximum absolute atomic E-state index is 6.41. The fraction of sp³-hybridized carbons (Fsp3) is 0.364. The second-order valence-electron chi connectivity index (χ2n) is 6.92. The smallest absolute Gasteiger partial charge is 0.203 e. The summed E-state index contributed by atoms with van der Waals surface area (Å²) in [5, 5.41) is 1.27. The van der Waals surface area contributed by atoms with Crippen molar-refractivity contribution in [2.75, 3.05) is 21.3 Å². The van der Waals surface area contributed by atoms with Gasteiger partial charge in [0, 0.05) is 17.4 Å². The molecule has 3 aromatic rings. The Hall–Kier alpha value is -2.66. The number of fused-ring (bicyclic) bond motifs is 3. The van der Waals surface area contributed by atoms with Crippen molar-refractivity contribution in [3.05, 3.63) is 53.2 Å². The molecule has 0 saturated heterocycles. The minimum atomic E-state index is -0.199. The third-order valence-electron chi connectivity index (χ3n) is 5.32. The van der Waals surface area contributed by atoms with E-state index in [-0.39, 0.29) is 12.2 Å². The third-order valence-corrected chi connectivity index (χ3v) is 5.32. The van der Waals surface area contributed by atoms with Gasteiger partial charge in [0.25, 0.3) is 0 Å². The number of methoxy groups -OCH3 is 3. The molecule has 0 aliphatic carbocycles. The first-order valence-corrected chi connectivity index (χ1v) is 9.12. The Morgan fingerprint density at radius 3 is 2.30 bits per heavy atom. The molecule has 5 nitrogen and oxygen atoms in total. The Kier molecular flexibility index (Phi) is 4.48. The number of ether oxygens (including phenoxy) is 4. The SMILES string of the molecule is COc1cc([C@@H]2O[C@@H](C)Cn3c2c(C)c2ccccc23)cc(OC)c1OC. The molecule has 27 heavy (non-hydrogen) atoms. The molecule has 0 saturated carbocycles. The van der Waals surface area contributed by atoms with Crippen LogP contribution in [0, 0.1) is 6.92 Å². The summed E-state index contributed by atoms with van der Waals surface area (Å²) >= 11 is 0. The summed E-state index contributed by atoms with van der Waals surface area (Å²) in [6.45, 7) is 5.11. The molecule has 142 valence electrons. The van der Waals surface area contributed by atoms with Crippen molar-refractivity contribution in [2.24, 2.45) is 0 Å². The Labute approximate surface area is 159 Å². The van der Waals surface area contributed by atoms with Gasteiger partial charge in [0.15, 0.2) is 11.5 Å². The number of aromatic nitrogens is 1. The van der Waals surface area contributed by atoms with Crippen LogP contribution in [0.4, 0.5) is 0 Å². The number of hydrogen-bond donors (Lipinski definition) is 0. The summed E-state index contributed by atoms with van der Waals surface area (Å²) in [6, 6.07) is 12.5. The number of benzene rings is 2. The molecule has 0 radical (unpaired) electrons. The molecule has 0 N–H and O–H groups in total. The molecular weight excluding hydrogens is 342 g/mol. The quantitative estimate of drug-likeness (QED) is 0.682. The van der Waals surface area contributed by atoms with Crippen molar-refractivity contribution in [3.8, 4) is 17.2 Å². The Morgan fingerprint density at radius 2 is 1.67 bits per heavy atom. The van der Waals surface area contributed by atoms with Crippen molar-refractivity contribution < 1.29 is 18.9 Å². The van der Waals surface area contributed by atoms with E-state index >= 15 is 0 Å². The van der Waals surface area contributed by atoms with Gasteiger partial charge in [-0.3, -0.25) is 0 Å². The van der Waals surface area contributed by atoms with E-state index in [1.165, 1.54) is 22.2 Å². The van der Waals surface area contributed by atoms with Crippen LogP contribution in [0.2, 0.25) is 0 Å². The van der Waals surface area contributed by atoms with Gasteiger partial charge in [0.2, 0.25) is 5.75 Å². The van der Waals surface area contributed by atoms with Gasteiger partial charge in [-0.05, 0) is 43.2 Å². The highest BCUT2D eigenvalue weighted by Crippen LogP contribution is 2.45. The topological polar surface area (TPSA) is 41.9 Å². The van der Waals surface area contributed by atoms with E-state index < -0.39 is 0 Å². The zero-order valence-electron chi connectivity index (χ0n) is 16.4. The second kappa shape index (κ2) is 6.82. The van der Waals surface area contributed by atoms with E-state index in [1.807, 2.05) is 12.1 Å². The predicted octanol–water partition coefficient (Wildman–Crippen LogP) is 4.48. The zero-order chi connectivity index (χ0) is 19.1. The third kappa shape index (κ3) is 2.73. The maximum Gasteiger partial charge on any atom is 0.203 e. The monoisotopic (exact) mass is 367 g/mol. The number of aryl methyl sites for hydroxylation is 1. The summed E-state index contributed by atoms with van der Waals surface area (Å²) in [7, 11) is 4.88. The van der Waals surface area contributed by atoms with Gasteiger partial charge < -0.3 is 23.5 Å². The molecule has 0 spiro atoms. The molecule has 0 bridgehead atoms. The maximum atomic E-state index is 6.41. The van der Waals surface area contributed by atoms with E-state index in [4.69, 9.17) is 18.9 Å². The van der Waals surface area contributed by atoms with Crippen LogP contribution in [0.15, 0.2) is 36.4 Å². The number of para-hydroxylation sites is 1. The fourth-order valence-corrected chi connectivity index (χ4v) is 4.12. The standard InChI is InChI=1S/C22H25NO4/c1-13-12-23-17-9-7-6-8-16(17)14(2)20(23)21(27-13)15-10-18(24-3)22(26-5)19(11-15)25-4/h6-11,13,21H,12H2,1-5H3/t13-,21-/m0/s1. The molecule has 1 aromatic heterocycles. The highest BCUT2D eigenvalue weighted by Gasteiger charge is 2.32. The van der Waals surface area contributed by atoms with Gasteiger partial charge >= 0.3 is 0 Å². The lowest BCUT2D eigenvalue weighted by Gasteiger charge is -2.32. The van der Waals surface area contributed by atoms with Crippen molar-refractivity contribution >= 4 is 10.9 Å². The fourth-order valence-electron chi connectivity index (χ4n) is 4.12. The van der Waals surface area contributed by atoms with Crippen LogP contribution in [0.25, 0.3) is 10.9 Å². The minimum Gasteiger partial charge on any atom is -0.493 e. The molecule has 2 atom stereocenters. The zero-order valence-corrected chi connectivity index (χ0v) is 16.4. The van der Waals surface area contributed by atoms with Crippen LogP contribution in [0.1, 0.15) is 29.8 Å². The number of rotatable bonds is 4. The number of hydrogen-bond acceptors (Lipinski definition) is 4. The first-order chi connectivity index (χ1) is 13.1. The molecule has 1 aliphatic rings. The lowest BCUT2D eigenvalue weighted by atomic mass is 10.00. The van der Waals surface area contributed by atoms with Crippen LogP contribution in [0.3, 0.4) is 0 Å².